The maximum atomic E-state index is 9.16. The van der Waals surface area contributed by atoms with Crippen LogP contribution in [-0.2, 0) is 10.8 Å². The lowest BCUT2D eigenvalue weighted by atomic mass is 9.81. The number of benzene rings is 16. The molecule has 108 heavy (non-hydrogen) atoms. The van der Waals surface area contributed by atoms with Crippen LogP contribution in [0, 0.1) is 0 Å². The van der Waals surface area contributed by atoms with Crippen molar-refractivity contribution in [1.29, 1.82) is 0 Å². The van der Waals surface area contributed by atoms with E-state index in [1.165, 1.54) is 130 Å². The Balaban J connectivity index is 0.000000116. The van der Waals surface area contributed by atoms with E-state index in [-0.39, 0.29) is 10.8 Å². The molecule has 0 fully saturated rings. The zero-order valence-corrected chi connectivity index (χ0v) is 62.7. The molecule has 16 aromatic carbocycles. The zero-order chi connectivity index (χ0) is 72.5. The highest BCUT2D eigenvalue weighted by Gasteiger charge is 2.37. The smallest absolute Gasteiger partial charge is 0.536 e. The number of fused-ring (bicyclic) bond motifs is 24. The van der Waals surface area contributed by atoms with Crippen LogP contribution in [0.3, 0.4) is 0 Å². The van der Waals surface area contributed by atoms with Crippen LogP contribution in [0.2, 0.25) is 0 Å². The van der Waals surface area contributed by atoms with Crippen molar-refractivity contribution in [3.8, 4) is 83.9 Å². The molecule has 20 aromatic rings. The van der Waals surface area contributed by atoms with Gasteiger partial charge in [-0.2, -0.15) is 0 Å². The summed E-state index contributed by atoms with van der Waals surface area (Å²) in [6.07, 6.45) is 3.80. The Morgan fingerprint density at radius 1 is 0.296 bits per heavy atom. The Bertz CT molecular complexity index is 7070. The Kier molecular flexibility index (Phi) is 15.7. The molecule has 2 aliphatic rings. The molecule has 1 N–H and O–H groups in total. The highest BCUT2D eigenvalue weighted by molar-refractivity contribution is 9.10. The molecule has 0 aliphatic heterocycles. The van der Waals surface area contributed by atoms with E-state index in [1.54, 1.807) is 11.3 Å². The number of hydrogen-bond donors (Lipinski definition) is 1. The van der Waals surface area contributed by atoms with Gasteiger partial charge in [-0.3, -0.25) is 9.97 Å². The second-order valence-electron chi connectivity index (χ2n) is 29.1. The Labute approximate surface area is 641 Å². The summed E-state index contributed by atoms with van der Waals surface area (Å²) >= 11 is 7.15. The zero-order valence-electron chi connectivity index (χ0n) is 59.4. The molecule has 0 amide bonds. The molecular formula is C98H65BBrN4O2S2. The van der Waals surface area contributed by atoms with Crippen molar-refractivity contribution in [1.82, 2.24) is 19.9 Å². The average Bonchev–Trinajstić information content (AvgIpc) is 1.29. The molecule has 10 heteroatoms. The van der Waals surface area contributed by atoms with Crippen molar-refractivity contribution in [2.75, 3.05) is 0 Å². The van der Waals surface area contributed by atoms with E-state index in [9.17, 15) is 0 Å². The third-order valence-corrected chi connectivity index (χ3v) is 25.5. The van der Waals surface area contributed by atoms with Crippen LogP contribution in [0.1, 0.15) is 49.9 Å². The summed E-state index contributed by atoms with van der Waals surface area (Å²) in [5, 5.41) is 23.5. The van der Waals surface area contributed by atoms with Gasteiger partial charge >= 0.3 is 7.69 Å². The molecule has 0 saturated carbocycles. The molecule has 0 atom stereocenters. The second-order valence-corrected chi connectivity index (χ2v) is 32.1. The summed E-state index contributed by atoms with van der Waals surface area (Å²) in [4.78, 5) is 20.1. The van der Waals surface area contributed by atoms with Crippen molar-refractivity contribution in [3.05, 3.63) is 342 Å². The monoisotopic (exact) mass is 1480 g/mol. The number of rotatable bonds is 7. The molecule has 0 bridgehead atoms. The van der Waals surface area contributed by atoms with Gasteiger partial charge < -0.3 is 9.68 Å². The minimum atomic E-state index is -0.0372. The quantitative estimate of drug-likeness (QED) is 0.126. The van der Waals surface area contributed by atoms with E-state index in [0.29, 0.717) is 5.75 Å². The van der Waals surface area contributed by atoms with Gasteiger partial charge in [-0.25, -0.2) is 9.97 Å². The highest BCUT2D eigenvalue weighted by Crippen LogP contribution is 2.54. The van der Waals surface area contributed by atoms with E-state index in [2.05, 4.69) is 323 Å². The van der Waals surface area contributed by atoms with Gasteiger partial charge in [-0.1, -0.05) is 311 Å². The predicted octanol–water partition coefficient (Wildman–Crippen LogP) is 26.9. The maximum Gasteiger partial charge on any atom is 0.569 e. The van der Waals surface area contributed by atoms with Gasteiger partial charge in [0.05, 0.1) is 50.5 Å². The Morgan fingerprint density at radius 2 is 0.630 bits per heavy atom. The minimum Gasteiger partial charge on any atom is -0.536 e. The molecule has 2 aliphatic carbocycles. The molecular weight excluding hydrogens is 1420 g/mol. The normalized spacial score (nSPS) is 13.1. The molecule has 1 radical (unpaired) electrons. The van der Waals surface area contributed by atoms with Crippen molar-refractivity contribution in [3.63, 3.8) is 0 Å². The van der Waals surface area contributed by atoms with Gasteiger partial charge in [0.2, 0.25) is 0 Å². The Morgan fingerprint density at radius 3 is 1.08 bits per heavy atom. The molecule has 4 aromatic heterocycles. The first kappa shape index (κ1) is 65.5. The number of aromatic nitrogens is 4. The lowest BCUT2D eigenvalue weighted by Crippen LogP contribution is -2.14. The molecule has 22 rings (SSSR count). The molecule has 511 valence electrons. The average molecular weight is 1490 g/mol. The van der Waals surface area contributed by atoms with Crippen LogP contribution >= 0.6 is 38.6 Å². The van der Waals surface area contributed by atoms with Crippen LogP contribution < -0.4 is 4.65 Å². The van der Waals surface area contributed by atoms with E-state index >= 15 is 0 Å². The minimum absolute atomic E-state index is 0.0199. The van der Waals surface area contributed by atoms with Crippen LogP contribution in [0.5, 0.6) is 5.75 Å². The number of thiophene rings is 2. The molecule has 0 saturated heterocycles. The van der Waals surface area contributed by atoms with E-state index in [4.69, 9.17) is 29.6 Å². The van der Waals surface area contributed by atoms with Gasteiger partial charge in [0.25, 0.3) is 0 Å². The first-order valence-electron chi connectivity index (χ1n) is 36.4. The summed E-state index contributed by atoms with van der Waals surface area (Å²) in [7, 11) is 0.750. The summed E-state index contributed by atoms with van der Waals surface area (Å²) in [6, 6.07) is 108. The molecule has 0 unspecified atom stereocenters. The van der Waals surface area contributed by atoms with Crippen LogP contribution in [-0.4, -0.2) is 32.6 Å². The van der Waals surface area contributed by atoms with Crippen molar-refractivity contribution < 1.29 is 9.68 Å². The van der Waals surface area contributed by atoms with Crippen LogP contribution in [0.25, 0.3) is 184 Å². The summed E-state index contributed by atoms with van der Waals surface area (Å²) in [6.45, 7) is 9.35. The van der Waals surface area contributed by atoms with Crippen molar-refractivity contribution in [2.24, 2.45) is 0 Å². The van der Waals surface area contributed by atoms with Gasteiger partial charge in [-0.05, 0) is 136 Å². The summed E-state index contributed by atoms with van der Waals surface area (Å²) in [5.74, 6) is 0.678. The third kappa shape index (κ3) is 10.6. The first-order chi connectivity index (χ1) is 52.9. The molecule has 6 nitrogen and oxygen atoms in total. The largest absolute Gasteiger partial charge is 0.569 e. The fourth-order valence-electron chi connectivity index (χ4n) is 17.2. The predicted molar refractivity (Wildman–Crippen MR) is 460 cm³/mol. The van der Waals surface area contributed by atoms with Crippen LogP contribution in [0.15, 0.2) is 320 Å². The highest BCUT2D eigenvalue weighted by atomic mass is 79.9. The van der Waals surface area contributed by atoms with Crippen molar-refractivity contribution in [2.45, 2.75) is 38.5 Å². The van der Waals surface area contributed by atoms with Gasteiger partial charge in [0.15, 0.2) is 0 Å². The van der Waals surface area contributed by atoms with Crippen molar-refractivity contribution >= 4 is 152 Å². The summed E-state index contributed by atoms with van der Waals surface area (Å²) in [5.41, 5.74) is 26.0. The van der Waals surface area contributed by atoms with E-state index < -0.39 is 0 Å². The van der Waals surface area contributed by atoms with Gasteiger partial charge in [-0.15, -0.1) is 22.7 Å². The Hall–Kier alpha value is -12.0. The van der Waals surface area contributed by atoms with Gasteiger partial charge in [0.1, 0.15) is 5.75 Å². The standard InChI is InChI=1S/C49H32N2S.C27H20BO2S.C22H13BrN2/c1-49(2)42-23-8-7-16-36(42)37-25-24-30(27-43(37)49)33-20-11-22-41-40-21-10-19-32(47(40)52-48(33)41)29-12-9-13-31(26-29)44-28-50-45-38-17-5-3-14-34(38)35-15-4-6-18-39(35)46(45)51-44;1-27(2)22-11-4-3-7-18(22)19-14-13-16(15-23(19)27)17-8-5-9-20-21-10-6-12-24(30-28-29)26(21)31-25(17)20;23-15-7-5-6-14(12-15)20-13-24-21-18-10-3-1-8-16(18)17-9-2-4-11-19(17)22(21)25-20/h3-28H,1-2H3;3-15,29H,1-2H3;1-13H. The van der Waals surface area contributed by atoms with E-state index in [1.807, 2.05) is 48.0 Å². The third-order valence-electron chi connectivity index (χ3n) is 22.4. The lowest BCUT2D eigenvalue weighted by molar-refractivity contribution is 0.457. The second kappa shape index (κ2) is 25.9. The number of hydrogen-bond acceptors (Lipinski definition) is 8. The number of nitrogens with zero attached hydrogens (tertiary/aromatic N) is 4. The number of halogens is 1. The lowest BCUT2D eigenvalue weighted by Gasteiger charge is -2.22. The van der Waals surface area contributed by atoms with E-state index in [0.717, 1.165) is 88.4 Å². The topological polar surface area (TPSA) is 81.0 Å². The fraction of sp³-hybridized carbons (Fsp3) is 0.0612. The SMILES string of the molecule is Brc1cccc(-c2cnc3c4ccccc4c4ccccc4c3n2)c1.CC1(C)c2ccccc2-c2ccc(-c3cccc4c3sc3c(-c5cccc(-c6cnc7c8ccccc8c8ccccc8c7n6)c5)cccc34)cc21.CC1(C)c2ccccc2-c2ccc(-c3cccc4c3sc3c(O[B]O)cccc34)cc21. The van der Waals surface area contributed by atoms with Gasteiger partial charge in [0, 0.05) is 83.6 Å². The maximum absolute atomic E-state index is 9.16. The molecule has 4 heterocycles. The molecule has 0 spiro atoms. The first-order valence-corrected chi connectivity index (χ1v) is 38.9. The fourth-order valence-corrected chi connectivity index (χ4v) is 20.3. The summed E-state index contributed by atoms with van der Waals surface area (Å²) < 4.78 is 11.3. The van der Waals surface area contributed by atoms with Crippen LogP contribution in [0.4, 0.5) is 0 Å².